The lowest BCUT2D eigenvalue weighted by Crippen LogP contribution is -1.95. The summed E-state index contributed by atoms with van der Waals surface area (Å²) in [5.41, 5.74) is 6.15. The van der Waals surface area contributed by atoms with Gasteiger partial charge in [0.05, 0.1) is 5.56 Å². The molecule has 1 aromatic heterocycles. The van der Waals surface area contributed by atoms with Crippen molar-refractivity contribution in [2.24, 2.45) is 0 Å². The lowest BCUT2D eigenvalue weighted by Gasteiger charge is -2.08. The third-order valence-corrected chi connectivity index (χ3v) is 3.32. The summed E-state index contributed by atoms with van der Waals surface area (Å²) in [4.78, 5) is 0. The average Bonchev–Trinajstić information content (AvgIpc) is 2.66. The maximum absolute atomic E-state index is 9.05. The van der Waals surface area contributed by atoms with Crippen molar-refractivity contribution in [1.29, 1.82) is 5.26 Å². The Balaban J connectivity index is 2.50. The van der Waals surface area contributed by atoms with Gasteiger partial charge in [-0.15, -0.1) is 0 Å². The highest BCUT2D eigenvalue weighted by Gasteiger charge is 2.09. The van der Waals surface area contributed by atoms with Crippen molar-refractivity contribution in [2.45, 2.75) is 20.8 Å². The van der Waals surface area contributed by atoms with Crippen molar-refractivity contribution in [3.05, 3.63) is 59.4 Å². The fourth-order valence-electron chi connectivity index (χ4n) is 1.99. The first-order chi connectivity index (χ1) is 8.54. The zero-order chi connectivity index (χ0) is 13.3. The van der Waals surface area contributed by atoms with Crippen LogP contribution in [0.3, 0.4) is 0 Å². The Morgan fingerprint density at radius 3 is 2.28 bits per heavy atom. The fourth-order valence-corrected chi connectivity index (χ4v) is 1.99. The van der Waals surface area contributed by atoms with Gasteiger partial charge in [0.2, 0.25) is 0 Å². The highest BCUT2D eigenvalue weighted by atomic mass is 15.0. The molecule has 0 bridgehead atoms. The van der Waals surface area contributed by atoms with Crippen molar-refractivity contribution < 1.29 is 0 Å². The normalized spacial score (nSPS) is 10.1. The highest BCUT2D eigenvalue weighted by molar-refractivity contribution is 5.62. The molecule has 0 N–H and O–H groups in total. The predicted molar refractivity (Wildman–Crippen MR) is 74.7 cm³/mol. The van der Waals surface area contributed by atoms with Gasteiger partial charge in [0, 0.05) is 17.6 Å². The molecule has 0 saturated heterocycles. The minimum atomic E-state index is 0.733. The molecule has 1 heterocycles. The van der Waals surface area contributed by atoms with Gasteiger partial charge < -0.3 is 4.57 Å². The molecule has 2 rings (SSSR count). The van der Waals surface area contributed by atoms with E-state index in [2.05, 4.69) is 41.5 Å². The second-order valence-corrected chi connectivity index (χ2v) is 4.56. The summed E-state index contributed by atoms with van der Waals surface area (Å²) in [5.74, 6) is 0. The van der Waals surface area contributed by atoms with Crippen LogP contribution < -0.4 is 0 Å². The van der Waals surface area contributed by atoms with Crippen LogP contribution in [0.1, 0.15) is 29.3 Å². The SMILES string of the molecule is C=C(C)c1ccc(-n2cc(C#N)c(C)c2C)cc1. The quantitative estimate of drug-likeness (QED) is 0.774. The number of nitrogens with zero attached hydrogens (tertiary/aromatic N) is 2. The fraction of sp³-hybridized carbons (Fsp3) is 0.188. The van der Waals surface area contributed by atoms with Crippen LogP contribution >= 0.6 is 0 Å². The maximum Gasteiger partial charge on any atom is 0.101 e. The predicted octanol–water partition coefficient (Wildman–Crippen LogP) is 4.00. The van der Waals surface area contributed by atoms with Gasteiger partial charge in [-0.2, -0.15) is 5.26 Å². The zero-order valence-corrected chi connectivity index (χ0v) is 11.0. The number of nitriles is 1. The average molecular weight is 236 g/mol. The van der Waals surface area contributed by atoms with Crippen molar-refractivity contribution in [3.8, 4) is 11.8 Å². The van der Waals surface area contributed by atoms with Crippen LogP contribution in [0.2, 0.25) is 0 Å². The first-order valence-corrected chi connectivity index (χ1v) is 5.89. The minimum absolute atomic E-state index is 0.733. The smallest absolute Gasteiger partial charge is 0.101 e. The van der Waals surface area contributed by atoms with E-state index < -0.39 is 0 Å². The molecule has 0 spiro atoms. The van der Waals surface area contributed by atoms with E-state index in [0.29, 0.717) is 0 Å². The number of hydrogen-bond acceptors (Lipinski definition) is 1. The Morgan fingerprint density at radius 2 is 1.83 bits per heavy atom. The van der Waals surface area contributed by atoms with Crippen LogP contribution in [-0.4, -0.2) is 4.57 Å². The number of rotatable bonds is 2. The van der Waals surface area contributed by atoms with E-state index in [0.717, 1.165) is 33.6 Å². The van der Waals surface area contributed by atoms with Crippen molar-refractivity contribution in [1.82, 2.24) is 4.57 Å². The Labute approximate surface area is 108 Å². The molecule has 0 radical (unpaired) electrons. The van der Waals surface area contributed by atoms with Gasteiger partial charge in [-0.1, -0.05) is 24.3 Å². The van der Waals surface area contributed by atoms with Crippen LogP contribution in [0.15, 0.2) is 37.0 Å². The van der Waals surface area contributed by atoms with Gasteiger partial charge in [-0.3, -0.25) is 0 Å². The van der Waals surface area contributed by atoms with Gasteiger partial charge in [-0.25, -0.2) is 0 Å². The van der Waals surface area contributed by atoms with E-state index in [4.69, 9.17) is 5.26 Å². The maximum atomic E-state index is 9.05. The monoisotopic (exact) mass is 236 g/mol. The van der Waals surface area contributed by atoms with Gasteiger partial charge in [0.15, 0.2) is 0 Å². The molecule has 90 valence electrons. The summed E-state index contributed by atoms with van der Waals surface area (Å²) in [7, 11) is 0. The van der Waals surface area contributed by atoms with Crippen LogP contribution in [0.4, 0.5) is 0 Å². The van der Waals surface area contributed by atoms with Gasteiger partial charge in [0.1, 0.15) is 6.07 Å². The van der Waals surface area contributed by atoms with Crippen molar-refractivity contribution >= 4 is 5.57 Å². The molecule has 0 unspecified atom stereocenters. The zero-order valence-electron chi connectivity index (χ0n) is 11.0. The molecule has 0 saturated carbocycles. The van der Waals surface area contributed by atoms with Crippen LogP contribution in [0.5, 0.6) is 0 Å². The van der Waals surface area contributed by atoms with Gasteiger partial charge in [-0.05, 0) is 44.0 Å². The van der Waals surface area contributed by atoms with Crippen LogP contribution in [0, 0.1) is 25.2 Å². The molecule has 0 aliphatic carbocycles. The molecule has 18 heavy (non-hydrogen) atoms. The topological polar surface area (TPSA) is 28.7 Å². The molecule has 0 amide bonds. The van der Waals surface area contributed by atoms with Crippen LogP contribution in [0.25, 0.3) is 11.3 Å². The summed E-state index contributed by atoms with van der Waals surface area (Å²) >= 11 is 0. The molecule has 2 nitrogen and oxygen atoms in total. The van der Waals surface area contributed by atoms with E-state index in [-0.39, 0.29) is 0 Å². The summed E-state index contributed by atoms with van der Waals surface area (Å²) in [6.07, 6.45) is 1.89. The number of benzene rings is 1. The summed E-state index contributed by atoms with van der Waals surface area (Å²) in [6.45, 7) is 9.93. The lowest BCUT2D eigenvalue weighted by molar-refractivity contribution is 1.01. The van der Waals surface area contributed by atoms with Gasteiger partial charge >= 0.3 is 0 Å². The third-order valence-electron chi connectivity index (χ3n) is 3.32. The van der Waals surface area contributed by atoms with Crippen LogP contribution in [-0.2, 0) is 0 Å². The summed E-state index contributed by atoms with van der Waals surface area (Å²) in [5, 5.41) is 9.05. The molecule has 0 aliphatic rings. The second-order valence-electron chi connectivity index (χ2n) is 4.56. The number of aromatic nitrogens is 1. The summed E-state index contributed by atoms with van der Waals surface area (Å²) < 4.78 is 2.05. The van der Waals surface area contributed by atoms with E-state index in [1.165, 1.54) is 0 Å². The Morgan fingerprint density at radius 1 is 1.22 bits per heavy atom. The Kier molecular flexibility index (Phi) is 3.08. The first kappa shape index (κ1) is 12.2. The van der Waals surface area contributed by atoms with E-state index >= 15 is 0 Å². The summed E-state index contributed by atoms with van der Waals surface area (Å²) in [6, 6.07) is 10.4. The van der Waals surface area contributed by atoms with E-state index in [9.17, 15) is 0 Å². The molecule has 0 aliphatic heterocycles. The molecule has 0 atom stereocenters. The molecule has 0 fully saturated rings. The molecule has 1 aromatic carbocycles. The van der Waals surface area contributed by atoms with Crippen molar-refractivity contribution in [3.63, 3.8) is 0 Å². The standard InChI is InChI=1S/C16H16N2/c1-11(2)14-5-7-16(8-6-14)18-10-15(9-17)12(3)13(18)4/h5-8,10H,1H2,2-4H3. The van der Waals surface area contributed by atoms with Crippen molar-refractivity contribution in [2.75, 3.05) is 0 Å². The molecular weight excluding hydrogens is 220 g/mol. The first-order valence-electron chi connectivity index (χ1n) is 5.89. The minimum Gasteiger partial charge on any atom is -0.320 e. The Hall–Kier alpha value is -2.27. The second kappa shape index (κ2) is 4.54. The Bertz CT molecular complexity index is 637. The van der Waals surface area contributed by atoms with E-state index in [1.807, 2.05) is 27.0 Å². The highest BCUT2D eigenvalue weighted by Crippen LogP contribution is 2.21. The lowest BCUT2D eigenvalue weighted by atomic mass is 10.1. The number of allylic oxidation sites excluding steroid dienone is 1. The molecule has 2 heteroatoms. The molecule has 2 aromatic rings. The van der Waals surface area contributed by atoms with Gasteiger partial charge in [0.25, 0.3) is 0 Å². The molecular formula is C16H16N2. The number of hydrogen-bond donors (Lipinski definition) is 0. The van der Waals surface area contributed by atoms with E-state index in [1.54, 1.807) is 0 Å². The largest absolute Gasteiger partial charge is 0.320 e. The third kappa shape index (κ3) is 1.96.